The maximum Gasteiger partial charge on any atom is 0.256 e. The minimum Gasteiger partial charge on any atom is -0.497 e. The summed E-state index contributed by atoms with van der Waals surface area (Å²) in [6.45, 7) is 3.22. The molecule has 0 fully saturated rings. The number of fused-ring (bicyclic) bond motifs is 1. The van der Waals surface area contributed by atoms with E-state index in [1.54, 1.807) is 12.0 Å². The lowest BCUT2D eigenvalue weighted by Gasteiger charge is -2.28. The number of hydrogen-bond donors (Lipinski definition) is 1. The average molecular weight is 490 g/mol. The molecule has 0 bridgehead atoms. The van der Waals surface area contributed by atoms with E-state index in [0.717, 1.165) is 27.8 Å². The van der Waals surface area contributed by atoms with Gasteiger partial charge in [0.25, 0.3) is 5.91 Å². The van der Waals surface area contributed by atoms with Crippen LogP contribution in [-0.4, -0.2) is 58.2 Å². The van der Waals surface area contributed by atoms with E-state index in [-0.39, 0.29) is 12.5 Å². The Hall–Kier alpha value is -2.70. The van der Waals surface area contributed by atoms with Gasteiger partial charge >= 0.3 is 0 Å². The molecule has 33 heavy (non-hydrogen) atoms. The highest BCUT2D eigenvalue weighted by molar-refractivity contribution is 6.53. The maximum atomic E-state index is 13.3. The van der Waals surface area contributed by atoms with Crippen LogP contribution in [0.2, 0.25) is 0 Å². The van der Waals surface area contributed by atoms with Crippen molar-refractivity contribution in [2.75, 3.05) is 26.7 Å². The first-order valence-electron chi connectivity index (χ1n) is 11.0. The number of alkyl halides is 2. The van der Waals surface area contributed by atoms with Gasteiger partial charge < -0.3 is 19.5 Å². The molecule has 0 spiro atoms. The number of aromatic nitrogens is 1. The van der Waals surface area contributed by atoms with Gasteiger partial charge in [0.15, 0.2) is 4.84 Å². The zero-order valence-electron chi connectivity index (χ0n) is 18.9. The normalized spacial score (nSPS) is 11.1. The van der Waals surface area contributed by atoms with Gasteiger partial charge in [-0.05, 0) is 42.2 Å². The minimum atomic E-state index is -1.19. The molecule has 0 radical (unpaired) electrons. The smallest absolute Gasteiger partial charge is 0.256 e. The molecule has 0 aliphatic rings. The van der Waals surface area contributed by atoms with Gasteiger partial charge in [-0.15, -0.1) is 0 Å². The Bertz CT molecular complexity index is 1070. The van der Waals surface area contributed by atoms with Crippen LogP contribution in [0, 0.1) is 0 Å². The summed E-state index contributed by atoms with van der Waals surface area (Å²) in [5.74, 6) is 0.154. The van der Waals surface area contributed by atoms with Gasteiger partial charge in [0.2, 0.25) is 5.91 Å². The average Bonchev–Trinajstić information content (AvgIpc) is 3.24. The minimum absolute atomic E-state index is 0.0628. The molecule has 2 amide bonds. The number of hydrogen-bond acceptors (Lipinski definition) is 3. The van der Waals surface area contributed by atoms with Gasteiger partial charge in [-0.3, -0.25) is 9.59 Å². The van der Waals surface area contributed by atoms with E-state index in [2.05, 4.69) is 11.1 Å². The molecule has 3 aromatic rings. The molecule has 3 rings (SSSR count). The summed E-state index contributed by atoms with van der Waals surface area (Å²) in [6.07, 6.45) is 3.37. The third-order valence-corrected chi connectivity index (χ3v) is 5.90. The van der Waals surface area contributed by atoms with Crippen LogP contribution in [0.1, 0.15) is 24.5 Å². The van der Waals surface area contributed by atoms with E-state index < -0.39 is 10.7 Å². The van der Waals surface area contributed by atoms with Crippen molar-refractivity contribution in [1.82, 2.24) is 14.8 Å². The number of para-hydroxylation sites is 1. The van der Waals surface area contributed by atoms with Crippen molar-refractivity contribution in [3.63, 3.8) is 0 Å². The van der Waals surface area contributed by atoms with Crippen LogP contribution in [0.25, 0.3) is 10.9 Å². The number of nitrogens with zero attached hydrogens (tertiary/aromatic N) is 2. The third kappa shape index (κ3) is 6.65. The van der Waals surface area contributed by atoms with Gasteiger partial charge in [0, 0.05) is 36.7 Å². The Morgan fingerprint density at radius 1 is 1.03 bits per heavy atom. The summed E-state index contributed by atoms with van der Waals surface area (Å²) < 4.78 is 5.23. The molecule has 1 N–H and O–H groups in total. The predicted octanol–water partition coefficient (Wildman–Crippen LogP) is 4.79. The molecule has 0 unspecified atom stereocenters. The second-order valence-corrected chi connectivity index (χ2v) is 8.93. The summed E-state index contributed by atoms with van der Waals surface area (Å²) in [4.78, 5) is 31.0. The highest BCUT2D eigenvalue weighted by Crippen LogP contribution is 2.20. The number of rotatable bonds is 11. The number of halogens is 2. The lowest BCUT2D eigenvalue weighted by atomic mass is 10.1. The zero-order valence-corrected chi connectivity index (χ0v) is 20.4. The van der Waals surface area contributed by atoms with Gasteiger partial charge in [-0.1, -0.05) is 60.5 Å². The van der Waals surface area contributed by atoms with Gasteiger partial charge in [-0.25, -0.2) is 0 Å². The van der Waals surface area contributed by atoms with E-state index in [4.69, 9.17) is 27.9 Å². The van der Waals surface area contributed by atoms with Crippen LogP contribution in [0.4, 0.5) is 0 Å². The van der Waals surface area contributed by atoms with Crippen molar-refractivity contribution in [1.29, 1.82) is 0 Å². The van der Waals surface area contributed by atoms with E-state index in [1.807, 2.05) is 55.6 Å². The zero-order chi connectivity index (χ0) is 23.8. The number of carbonyl (C=O) groups is 2. The Balaban J connectivity index is 1.78. The third-order valence-electron chi connectivity index (χ3n) is 5.53. The summed E-state index contributed by atoms with van der Waals surface area (Å²) in [6, 6.07) is 15.7. The molecule has 6 nitrogen and oxygen atoms in total. The Kier molecular flexibility index (Phi) is 9.03. The molecular weight excluding hydrogens is 461 g/mol. The first-order chi connectivity index (χ1) is 15.9. The first kappa shape index (κ1) is 24.9. The molecule has 0 atom stereocenters. The number of nitrogens with one attached hydrogen (secondary N) is 1. The Labute approximate surface area is 204 Å². The predicted molar refractivity (Wildman–Crippen MR) is 133 cm³/mol. The second-order valence-electron chi connectivity index (χ2n) is 7.83. The van der Waals surface area contributed by atoms with Crippen molar-refractivity contribution in [2.24, 2.45) is 0 Å². The SMILES string of the molecule is CCCN(CC(=O)N(CCc1c[nH]c2ccccc12)Cc1ccc(OC)cc1)C(=O)C(Cl)Cl. The molecule has 1 heterocycles. The molecule has 8 heteroatoms. The maximum absolute atomic E-state index is 13.3. The molecule has 0 saturated heterocycles. The number of aromatic amines is 1. The van der Waals surface area contributed by atoms with Crippen molar-refractivity contribution in [3.05, 3.63) is 65.9 Å². The molecule has 176 valence electrons. The quantitative estimate of drug-likeness (QED) is 0.393. The van der Waals surface area contributed by atoms with Crippen LogP contribution in [0.3, 0.4) is 0 Å². The molecule has 0 aliphatic heterocycles. The lowest BCUT2D eigenvalue weighted by molar-refractivity contribution is -0.140. The summed E-state index contributed by atoms with van der Waals surface area (Å²) in [5.41, 5.74) is 3.18. The van der Waals surface area contributed by atoms with Gasteiger partial charge in [0.1, 0.15) is 5.75 Å². The van der Waals surface area contributed by atoms with Crippen molar-refractivity contribution >= 4 is 45.9 Å². The molecule has 0 aliphatic carbocycles. The Morgan fingerprint density at radius 3 is 2.42 bits per heavy atom. The van der Waals surface area contributed by atoms with Gasteiger partial charge in [-0.2, -0.15) is 0 Å². The number of carbonyl (C=O) groups excluding carboxylic acids is 2. The van der Waals surface area contributed by atoms with Crippen molar-refractivity contribution in [3.8, 4) is 5.75 Å². The van der Waals surface area contributed by atoms with Crippen molar-refractivity contribution in [2.45, 2.75) is 31.1 Å². The molecule has 1 aromatic heterocycles. The summed E-state index contributed by atoms with van der Waals surface area (Å²) in [5, 5.41) is 1.14. The molecular formula is C25H29Cl2N3O3. The fourth-order valence-electron chi connectivity index (χ4n) is 3.78. The number of methoxy groups -OCH3 is 1. The largest absolute Gasteiger partial charge is 0.497 e. The number of ether oxygens (including phenoxy) is 1. The fourth-order valence-corrected chi connectivity index (χ4v) is 4.05. The topological polar surface area (TPSA) is 65.6 Å². The monoisotopic (exact) mass is 489 g/mol. The number of H-pyrrole nitrogens is 1. The number of benzene rings is 2. The fraction of sp³-hybridized carbons (Fsp3) is 0.360. The Morgan fingerprint density at radius 2 is 1.76 bits per heavy atom. The van der Waals surface area contributed by atoms with E-state index in [0.29, 0.717) is 32.5 Å². The lowest BCUT2D eigenvalue weighted by Crippen LogP contribution is -2.45. The van der Waals surface area contributed by atoms with Crippen LogP contribution in [0.15, 0.2) is 54.7 Å². The second kappa shape index (κ2) is 12.0. The van der Waals surface area contributed by atoms with Crippen molar-refractivity contribution < 1.29 is 14.3 Å². The highest BCUT2D eigenvalue weighted by atomic mass is 35.5. The first-order valence-corrected chi connectivity index (χ1v) is 11.8. The summed E-state index contributed by atoms with van der Waals surface area (Å²) in [7, 11) is 1.62. The van der Waals surface area contributed by atoms with E-state index in [1.165, 1.54) is 4.90 Å². The van der Waals surface area contributed by atoms with Crippen LogP contribution in [0.5, 0.6) is 5.75 Å². The highest BCUT2D eigenvalue weighted by Gasteiger charge is 2.24. The van der Waals surface area contributed by atoms with E-state index in [9.17, 15) is 9.59 Å². The van der Waals surface area contributed by atoms with Gasteiger partial charge in [0.05, 0.1) is 13.7 Å². The standard InChI is InChI=1S/C25H29Cl2N3O3/c1-3-13-30(25(32)24(26)27)17-23(31)29(16-18-8-10-20(33-2)11-9-18)14-12-19-15-28-22-7-5-4-6-21(19)22/h4-11,15,24,28H,3,12-14,16-17H2,1-2H3. The number of amides is 2. The van der Waals surface area contributed by atoms with Crippen LogP contribution >= 0.6 is 23.2 Å². The van der Waals surface area contributed by atoms with Crippen LogP contribution < -0.4 is 4.74 Å². The summed E-state index contributed by atoms with van der Waals surface area (Å²) >= 11 is 11.6. The molecule has 0 saturated carbocycles. The van der Waals surface area contributed by atoms with E-state index >= 15 is 0 Å². The van der Waals surface area contributed by atoms with Crippen LogP contribution in [-0.2, 0) is 22.6 Å². The molecule has 2 aromatic carbocycles.